The fourth-order valence-corrected chi connectivity index (χ4v) is 1.69. The molecule has 0 saturated heterocycles. The predicted octanol–water partition coefficient (Wildman–Crippen LogP) is 1.47. The number of H-pyrrole nitrogens is 1. The Kier molecular flexibility index (Phi) is 4.36. The van der Waals surface area contributed by atoms with Crippen LogP contribution in [-0.2, 0) is 17.5 Å². The molecule has 1 heterocycles. The van der Waals surface area contributed by atoms with Gasteiger partial charge in [0.05, 0.1) is 0 Å². The molecule has 0 aliphatic heterocycles. The van der Waals surface area contributed by atoms with Crippen LogP contribution in [0.25, 0.3) is 0 Å². The first kappa shape index (κ1) is 17.5. The maximum atomic E-state index is 13.6. The highest BCUT2D eigenvalue weighted by atomic mass is 19.4. The average molecular weight is 360 g/mol. The molecule has 0 bridgehead atoms. The number of aromatic nitrogens is 2. The van der Waals surface area contributed by atoms with Gasteiger partial charge in [-0.1, -0.05) is 4.68 Å². The highest BCUT2D eigenvalue weighted by molar-refractivity contribution is 5.90. The number of aromatic amines is 1. The van der Waals surface area contributed by atoms with Gasteiger partial charge in [0.15, 0.2) is 23.3 Å². The molecule has 0 radical (unpaired) electrons. The number of nitrogens with zero attached hydrogens (tertiary/aromatic N) is 1. The first-order chi connectivity index (χ1) is 11.0. The maximum Gasteiger partial charge on any atom is 0.426 e. The largest absolute Gasteiger partial charge is 0.426 e. The third-order valence-electron chi connectivity index (χ3n) is 2.65. The van der Waals surface area contributed by atoms with Crippen molar-refractivity contribution in [2.24, 2.45) is 0 Å². The van der Waals surface area contributed by atoms with E-state index in [0.29, 0.717) is 4.68 Å². The van der Waals surface area contributed by atoms with Crippen molar-refractivity contribution in [2.75, 3.05) is 5.32 Å². The second kappa shape index (κ2) is 5.98. The molecule has 6 nitrogen and oxygen atoms in total. The van der Waals surface area contributed by atoms with Crippen LogP contribution in [0.3, 0.4) is 0 Å². The maximum absolute atomic E-state index is 13.6. The Morgan fingerprint density at radius 2 is 1.67 bits per heavy atom. The van der Waals surface area contributed by atoms with Crippen molar-refractivity contribution in [2.45, 2.75) is 12.7 Å². The van der Waals surface area contributed by atoms with Gasteiger partial charge in [-0.05, 0) is 5.27 Å². The van der Waals surface area contributed by atoms with Crippen molar-refractivity contribution in [3.8, 4) is 0 Å². The van der Waals surface area contributed by atoms with Crippen LogP contribution in [0.5, 0.6) is 0 Å². The normalized spacial score (nSPS) is 11.6. The zero-order valence-electron chi connectivity index (χ0n) is 11.1. The summed E-state index contributed by atoms with van der Waals surface area (Å²) in [6.45, 7) is -0.811. The molecular formula is C11H5F7N3O3+. The molecule has 2 aromatic rings. The zero-order valence-corrected chi connectivity index (χ0v) is 11.1. The van der Waals surface area contributed by atoms with Gasteiger partial charge in [0.1, 0.15) is 11.3 Å². The third-order valence-corrected chi connectivity index (χ3v) is 2.65. The van der Waals surface area contributed by atoms with Crippen LogP contribution in [0.2, 0.25) is 0 Å². The van der Waals surface area contributed by atoms with Crippen LogP contribution in [-0.4, -0.2) is 11.2 Å². The number of hydrogen-bond donors (Lipinski definition) is 2. The number of amides is 1. The summed E-state index contributed by atoms with van der Waals surface area (Å²) in [5.74, 6) is -11.6. The summed E-state index contributed by atoms with van der Waals surface area (Å²) in [7, 11) is 0. The lowest BCUT2D eigenvalue weighted by molar-refractivity contribution is -0.750. The molecule has 0 saturated carbocycles. The van der Waals surface area contributed by atoms with Crippen LogP contribution in [0, 0.1) is 23.3 Å². The Morgan fingerprint density at radius 3 is 2.08 bits per heavy atom. The molecule has 2 N–H and O–H groups in total. The molecule has 24 heavy (non-hydrogen) atoms. The second-order valence-corrected chi connectivity index (χ2v) is 4.32. The number of carbonyl (C=O) groups excluding carboxylic acids is 1. The lowest BCUT2D eigenvalue weighted by Gasteiger charge is -2.14. The summed E-state index contributed by atoms with van der Waals surface area (Å²) >= 11 is 0. The van der Waals surface area contributed by atoms with Crippen molar-refractivity contribution in [1.29, 1.82) is 0 Å². The van der Waals surface area contributed by atoms with E-state index in [1.807, 2.05) is 5.27 Å². The Morgan fingerprint density at radius 1 is 1.12 bits per heavy atom. The Labute approximate surface area is 126 Å². The van der Waals surface area contributed by atoms with Gasteiger partial charge in [-0.2, -0.15) is 13.2 Å². The smallest absolute Gasteiger partial charge is 0.315 e. The Hall–Kier alpha value is -2.86. The number of carbonyl (C=O) groups is 1. The quantitative estimate of drug-likeness (QED) is 0.494. The van der Waals surface area contributed by atoms with E-state index in [1.54, 1.807) is 0 Å². The van der Waals surface area contributed by atoms with Crippen LogP contribution in [0.4, 0.5) is 36.4 Å². The minimum Gasteiger partial charge on any atom is -0.315 e. The van der Waals surface area contributed by atoms with Gasteiger partial charge in [0, 0.05) is 0 Å². The van der Waals surface area contributed by atoms with E-state index < -0.39 is 58.8 Å². The monoisotopic (exact) mass is 360 g/mol. The molecule has 0 aliphatic rings. The molecule has 0 atom stereocenters. The zero-order chi connectivity index (χ0) is 18.2. The number of alkyl halides is 3. The van der Waals surface area contributed by atoms with E-state index in [2.05, 4.69) is 4.52 Å². The molecule has 0 unspecified atom stereocenters. The minimum absolute atomic E-state index is 0.699. The predicted molar refractivity (Wildman–Crippen MR) is 59.4 cm³/mol. The van der Waals surface area contributed by atoms with Gasteiger partial charge in [0.25, 0.3) is 18.6 Å². The number of nitrogens with one attached hydrogen (secondary N) is 2. The van der Waals surface area contributed by atoms with Gasteiger partial charge in [0.2, 0.25) is 0 Å². The van der Waals surface area contributed by atoms with Crippen molar-refractivity contribution in [3.05, 3.63) is 45.4 Å². The summed E-state index contributed by atoms with van der Waals surface area (Å²) in [5.41, 5.74) is -5.41. The third kappa shape index (κ3) is 3.23. The van der Waals surface area contributed by atoms with Gasteiger partial charge in [-0.3, -0.25) is 9.32 Å². The fourth-order valence-electron chi connectivity index (χ4n) is 1.69. The highest BCUT2D eigenvalue weighted by Crippen LogP contribution is 2.38. The lowest BCUT2D eigenvalue weighted by atomic mass is 10.1. The topological polar surface area (TPSA) is 79.0 Å². The molecule has 13 heteroatoms. The SMILES string of the molecule is O=C(C[n+]1cc(=O)o[nH]1)Nc1c(F)c(F)c(C(F)(F)F)c(F)c1F. The van der Waals surface area contributed by atoms with Gasteiger partial charge < -0.3 is 5.32 Å². The number of benzene rings is 1. The minimum atomic E-state index is -5.69. The number of hydrogen-bond acceptors (Lipinski definition) is 3. The average Bonchev–Trinajstić information content (AvgIpc) is 2.85. The molecular weight excluding hydrogens is 355 g/mol. The molecule has 130 valence electrons. The molecule has 1 aromatic heterocycles. The van der Waals surface area contributed by atoms with Gasteiger partial charge >= 0.3 is 11.8 Å². The molecule has 2 rings (SSSR count). The molecule has 0 spiro atoms. The van der Waals surface area contributed by atoms with Crippen LogP contribution >= 0.6 is 0 Å². The molecule has 1 amide bonds. The lowest BCUT2D eigenvalue weighted by Crippen LogP contribution is -2.42. The fraction of sp³-hybridized carbons (Fsp3) is 0.182. The van der Waals surface area contributed by atoms with E-state index in [-0.39, 0.29) is 0 Å². The summed E-state index contributed by atoms with van der Waals surface area (Å²) in [5, 5.41) is 3.26. The van der Waals surface area contributed by atoms with Crippen molar-refractivity contribution < 1.29 is 44.7 Å². The number of rotatable bonds is 3. The Bertz CT molecular complexity index is 827. The van der Waals surface area contributed by atoms with Crippen molar-refractivity contribution in [3.63, 3.8) is 0 Å². The molecule has 1 aromatic carbocycles. The Balaban J connectivity index is 2.37. The molecule has 0 aliphatic carbocycles. The highest BCUT2D eigenvalue weighted by Gasteiger charge is 2.42. The van der Waals surface area contributed by atoms with E-state index in [4.69, 9.17) is 0 Å². The summed E-state index contributed by atoms with van der Waals surface area (Å²) in [6.07, 6.45) is -4.97. The first-order valence-electron chi connectivity index (χ1n) is 5.83. The number of anilines is 1. The van der Waals surface area contributed by atoms with Crippen LogP contribution in [0.1, 0.15) is 5.56 Å². The van der Waals surface area contributed by atoms with E-state index >= 15 is 0 Å². The molecule has 0 fully saturated rings. The van der Waals surface area contributed by atoms with Crippen molar-refractivity contribution >= 4 is 11.6 Å². The van der Waals surface area contributed by atoms with Gasteiger partial charge in [-0.25, -0.2) is 22.4 Å². The van der Waals surface area contributed by atoms with Gasteiger partial charge in [-0.15, -0.1) is 0 Å². The number of halogens is 7. The summed E-state index contributed by atoms with van der Waals surface area (Å²) in [4.78, 5) is 22.2. The standard InChI is InChI=1S/C11H4F7N3O3/c12-6-5(11(16,17)18)7(13)9(15)10(8(6)14)19-3(22)1-21-2-4(23)24-20-21/h2H,1H2,(H-,19,20,22,23)/p+1. The van der Waals surface area contributed by atoms with Crippen LogP contribution < -0.4 is 15.6 Å². The van der Waals surface area contributed by atoms with E-state index in [1.165, 1.54) is 5.32 Å². The van der Waals surface area contributed by atoms with Crippen molar-refractivity contribution in [1.82, 2.24) is 5.27 Å². The summed E-state index contributed by atoms with van der Waals surface area (Å²) < 4.78 is 95.9. The second-order valence-electron chi connectivity index (χ2n) is 4.32. The first-order valence-corrected chi connectivity index (χ1v) is 5.83. The van der Waals surface area contributed by atoms with E-state index in [0.717, 1.165) is 6.20 Å². The van der Waals surface area contributed by atoms with Crippen LogP contribution in [0.15, 0.2) is 15.5 Å². The summed E-state index contributed by atoms with van der Waals surface area (Å²) in [6, 6.07) is 0. The van der Waals surface area contributed by atoms with E-state index in [9.17, 15) is 40.3 Å².